The van der Waals surface area contributed by atoms with E-state index in [1.807, 2.05) is 58.8 Å². The van der Waals surface area contributed by atoms with Crippen LogP contribution >= 0.6 is 0 Å². The molecule has 0 radical (unpaired) electrons. The molecule has 0 spiro atoms. The van der Waals surface area contributed by atoms with Crippen molar-refractivity contribution in [3.8, 4) is 11.3 Å². The summed E-state index contributed by atoms with van der Waals surface area (Å²) in [5.41, 5.74) is 4.03. The molecule has 1 aromatic carbocycles. The lowest BCUT2D eigenvalue weighted by Gasteiger charge is -2.53. The number of H-pyrrole nitrogens is 2. The lowest BCUT2D eigenvalue weighted by atomic mass is 9.51. The maximum atomic E-state index is 12.9. The molecule has 4 heterocycles. The highest BCUT2D eigenvalue weighted by molar-refractivity contribution is 5.70. The number of imidazole rings is 2. The highest BCUT2D eigenvalue weighted by Crippen LogP contribution is 2.58. The number of aromatic nitrogens is 4. The summed E-state index contributed by atoms with van der Waals surface area (Å²) in [4.78, 5) is 46.2. The van der Waals surface area contributed by atoms with E-state index < -0.39 is 11.2 Å². The molecule has 5 fully saturated rings. The van der Waals surface area contributed by atoms with Crippen LogP contribution in [0.5, 0.6) is 0 Å². The molecule has 2 N–H and O–H groups in total. The zero-order chi connectivity index (χ0) is 33.9. The van der Waals surface area contributed by atoms with Crippen molar-refractivity contribution in [3.63, 3.8) is 0 Å². The third-order valence-corrected chi connectivity index (χ3v) is 11.2. The molecule has 1 unspecified atom stereocenters. The van der Waals surface area contributed by atoms with Crippen molar-refractivity contribution in [1.29, 1.82) is 0 Å². The number of amides is 2. The van der Waals surface area contributed by atoms with E-state index in [1.54, 1.807) is 4.90 Å². The van der Waals surface area contributed by atoms with Gasteiger partial charge in [0.25, 0.3) is 0 Å². The predicted octanol–water partition coefficient (Wildman–Crippen LogP) is 8.49. The molecule has 3 aliphatic carbocycles. The van der Waals surface area contributed by atoms with Crippen LogP contribution in [-0.2, 0) is 20.3 Å². The Morgan fingerprint density at radius 3 is 1.71 bits per heavy atom. The Morgan fingerprint density at radius 1 is 0.708 bits per heavy atom. The number of fused-ring (bicyclic) bond motifs is 3. The minimum atomic E-state index is -0.525. The molecule has 2 atom stereocenters. The van der Waals surface area contributed by atoms with Crippen molar-refractivity contribution >= 4 is 12.2 Å². The maximum absolute atomic E-state index is 12.9. The van der Waals surface area contributed by atoms with Crippen molar-refractivity contribution in [2.45, 2.75) is 140 Å². The van der Waals surface area contributed by atoms with Gasteiger partial charge < -0.3 is 19.4 Å². The normalized spacial score (nSPS) is 27.5. The van der Waals surface area contributed by atoms with Gasteiger partial charge in [-0.3, -0.25) is 9.80 Å². The third kappa shape index (κ3) is 6.23. The van der Waals surface area contributed by atoms with Gasteiger partial charge in [0.05, 0.1) is 24.0 Å². The average Bonchev–Trinajstić information content (AvgIpc) is 3.86. The zero-order valence-corrected chi connectivity index (χ0v) is 29.5. The number of carbonyl (C=O) groups excluding carboxylic acids is 2. The number of hydrogen-bond donors (Lipinski definition) is 2. The number of aromatic amines is 2. The largest absolute Gasteiger partial charge is 0.444 e. The van der Waals surface area contributed by atoms with Crippen LogP contribution in [0.4, 0.5) is 9.59 Å². The molecule has 48 heavy (non-hydrogen) atoms. The second-order valence-corrected chi connectivity index (χ2v) is 16.7. The van der Waals surface area contributed by atoms with Gasteiger partial charge in [-0.15, -0.1) is 0 Å². The Hall–Kier alpha value is -3.82. The van der Waals surface area contributed by atoms with Gasteiger partial charge in [-0.05, 0) is 122 Å². The fourth-order valence-corrected chi connectivity index (χ4v) is 8.63. The first-order chi connectivity index (χ1) is 22.7. The maximum Gasteiger partial charge on any atom is 0.410 e. The molecule has 5 aliphatic rings. The molecular weight excluding hydrogens is 604 g/mol. The molecule has 8 rings (SSSR count). The van der Waals surface area contributed by atoms with Gasteiger partial charge in [0.2, 0.25) is 0 Å². The molecule has 10 nitrogen and oxygen atoms in total. The summed E-state index contributed by atoms with van der Waals surface area (Å²) in [6.07, 6.45) is 14.0. The number of ether oxygens (including phenoxy) is 2. The summed E-state index contributed by atoms with van der Waals surface area (Å²) < 4.78 is 11.4. The highest BCUT2D eigenvalue weighted by atomic mass is 16.6. The van der Waals surface area contributed by atoms with Crippen LogP contribution in [0, 0.1) is 0 Å². The minimum absolute atomic E-state index is 0.0529. The van der Waals surface area contributed by atoms with Crippen LogP contribution in [0.3, 0.4) is 0 Å². The Morgan fingerprint density at radius 2 is 1.19 bits per heavy atom. The van der Waals surface area contributed by atoms with E-state index >= 15 is 0 Å². The molecule has 10 heteroatoms. The lowest BCUT2D eigenvalue weighted by Crippen LogP contribution is -2.46. The van der Waals surface area contributed by atoms with Gasteiger partial charge in [-0.1, -0.05) is 24.3 Å². The van der Waals surface area contributed by atoms with E-state index in [9.17, 15) is 9.59 Å². The van der Waals surface area contributed by atoms with Crippen LogP contribution in [0.2, 0.25) is 0 Å². The standard InChI is InChI=1S/C38H52N6O4/c1-35(2,3)47-33(45)43-21-7-9-28(43)31-39-23-27(41-31)25-11-13-26(14-12-25)37-15-18-38(19-16-37,20-17-37)30-24-40-32(42-30)29-10-8-22-44(29)34(46)48-36(4,5)6/h11-14,23-24,28-29H,7-10,15-22H2,1-6H3,(H,39,41)(H,40,42)/t28?,29-,37?,38?/m0/s1. The molecule has 2 bridgehead atoms. The number of likely N-dealkylation sites (tertiary alicyclic amines) is 2. The van der Waals surface area contributed by atoms with E-state index in [0.29, 0.717) is 13.1 Å². The molecular formula is C38H52N6O4. The number of nitrogens with zero attached hydrogens (tertiary/aromatic N) is 4. The van der Waals surface area contributed by atoms with Crippen molar-refractivity contribution in [3.05, 3.63) is 59.6 Å². The monoisotopic (exact) mass is 656 g/mol. The molecule has 2 aliphatic heterocycles. The number of benzene rings is 1. The molecule has 2 aromatic heterocycles. The summed E-state index contributed by atoms with van der Waals surface area (Å²) in [5, 5.41) is 0. The summed E-state index contributed by atoms with van der Waals surface area (Å²) in [6.45, 7) is 12.8. The number of carbonyl (C=O) groups is 2. The topological polar surface area (TPSA) is 116 Å². The second-order valence-electron chi connectivity index (χ2n) is 16.7. The van der Waals surface area contributed by atoms with Gasteiger partial charge in [0, 0.05) is 30.4 Å². The van der Waals surface area contributed by atoms with Crippen molar-refractivity contribution in [1.82, 2.24) is 29.7 Å². The van der Waals surface area contributed by atoms with Crippen molar-refractivity contribution in [2.24, 2.45) is 0 Å². The van der Waals surface area contributed by atoms with E-state index in [1.165, 1.54) is 11.3 Å². The minimum Gasteiger partial charge on any atom is -0.444 e. The zero-order valence-electron chi connectivity index (χ0n) is 29.5. The summed E-state index contributed by atoms with van der Waals surface area (Å²) >= 11 is 0. The second kappa shape index (κ2) is 11.9. The summed E-state index contributed by atoms with van der Waals surface area (Å²) in [7, 11) is 0. The van der Waals surface area contributed by atoms with Gasteiger partial charge in [0.1, 0.15) is 22.9 Å². The van der Waals surface area contributed by atoms with Crippen molar-refractivity contribution in [2.75, 3.05) is 13.1 Å². The fraction of sp³-hybridized carbons (Fsp3) is 0.632. The van der Waals surface area contributed by atoms with Gasteiger partial charge in [0.15, 0.2) is 0 Å². The Bertz CT molecular complexity index is 1620. The Labute approximate surface area is 284 Å². The quantitative estimate of drug-likeness (QED) is 0.285. The molecule has 2 amide bonds. The van der Waals surface area contributed by atoms with E-state index in [4.69, 9.17) is 19.4 Å². The molecule has 3 aromatic rings. The first kappa shape index (κ1) is 32.7. The number of hydrogen-bond acceptors (Lipinski definition) is 6. The van der Waals surface area contributed by atoms with Crippen LogP contribution in [0.25, 0.3) is 11.3 Å². The molecule has 258 valence electrons. The van der Waals surface area contributed by atoms with Crippen LogP contribution in [0.15, 0.2) is 36.7 Å². The van der Waals surface area contributed by atoms with Gasteiger partial charge in [-0.2, -0.15) is 0 Å². The van der Waals surface area contributed by atoms with Crippen LogP contribution < -0.4 is 0 Å². The van der Waals surface area contributed by atoms with Gasteiger partial charge >= 0.3 is 12.2 Å². The van der Waals surface area contributed by atoms with E-state index in [0.717, 1.165) is 87.1 Å². The van der Waals surface area contributed by atoms with Crippen molar-refractivity contribution < 1.29 is 19.1 Å². The SMILES string of the molecule is CC(C)(C)OC(=O)N1CCCC1c1ncc(-c2ccc(C34CCC(c5cnc([C@@H]6CCCN6C(=O)OC(C)(C)C)[nH]5)(CC3)CC4)cc2)[nH]1. The molecule has 3 saturated carbocycles. The van der Waals surface area contributed by atoms with E-state index in [2.05, 4.69) is 34.2 Å². The first-order valence-electron chi connectivity index (χ1n) is 17.9. The summed E-state index contributed by atoms with van der Waals surface area (Å²) in [6, 6.07) is 8.92. The smallest absolute Gasteiger partial charge is 0.410 e. The highest BCUT2D eigenvalue weighted by Gasteiger charge is 2.51. The number of rotatable bonds is 5. The van der Waals surface area contributed by atoms with E-state index in [-0.39, 0.29) is 35.1 Å². The predicted molar refractivity (Wildman–Crippen MR) is 183 cm³/mol. The number of nitrogens with one attached hydrogen (secondary N) is 2. The Balaban J connectivity index is 1.00. The van der Waals surface area contributed by atoms with Crippen LogP contribution in [-0.4, -0.2) is 66.2 Å². The average molecular weight is 657 g/mol. The lowest BCUT2D eigenvalue weighted by molar-refractivity contribution is 0.0208. The fourth-order valence-electron chi connectivity index (χ4n) is 8.63. The van der Waals surface area contributed by atoms with Gasteiger partial charge in [-0.25, -0.2) is 19.6 Å². The summed E-state index contributed by atoms with van der Waals surface area (Å²) in [5.74, 6) is 1.72. The van der Waals surface area contributed by atoms with Crippen LogP contribution in [0.1, 0.15) is 141 Å². The third-order valence-electron chi connectivity index (χ3n) is 11.2. The molecule has 2 saturated heterocycles. The first-order valence-corrected chi connectivity index (χ1v) is 17.9. The Kier molecular flexibility index (Phi) is 8.14.